The van der Waals surface area contributed by atoms with Crippen LogP contribution in [-0.2, 0) is 19.1 Å². The van der Waals surface area contributed by atoms with Crippen molar-refractivity contribution in [3.05, 3.63) is 24.3 Å². The van der Waals surface area contributed by atoms with Crippen LogP contribution in [0, 0.1) is 17.3 Å². The van der Waals surface area contributed by atoms with Crippen molar-refractivity contribution in [2.75, 3.05) is 23.4 Å². The lowest BCUT2D eigenvalue weighted by molar-refractivity contribution is -0.196. The number of carbonyl (C=O) groups excluding carboxylic acids is 3. The molecule has 2 amide bonds. The van der Waals surface area contributed by atoms with Crippen LogP contribution in [0.3, 0.4) is 0 Å². The summed E-state index contributed by atoms with van der Waals surface area (Å²) in [6.45, 7) is 0.339. The summed E-state index contributed by atoms with van der Waals surface area (Å²) in [5, 5.41) is 13.6. The molecule has 1 aromatic rings. The second-order valence-corrected chi connectivity index (χ2v) is 9.79. The number of hydrogen-bond acceptors (Lipinski definition) is 5. The number of esters is 1. The Morgan fingerprint density at radius 1 is 1.20 bits per heavy atom. The maximum atomic E-state index is 12.9. The number of benzene rings is 1. The van der Waals surface area contributed by atoms with Crippen molar-refractivity contribution in [3.8, 4) is 0 Å². The summed E-state index contributed by atoms with van der Waals surface area (Å²) in [7, 11) is 0. The third-order valence-electron chi connectivity index (χ3n) is 7.31. The fourth-order valence-electron chi connectivity index (χ4n) is 6.61. The Balaban J connectivity index is 1.19. The average molecular weight is 412 g/mol. The van der Waals surface area contributed by atoms with Crippen LogP contribution < -0.4 is 10.2 Å². The van der Waals surface area contributed by atoms with Gasteiger partial charge in [-0.25, -0.2) is 0 Å². The molecule has 1 heterocycles. The van der Waals surface area contributed by atoms with Crippen LogP contribution in [0.5, 0.6) is 0 Å². The maximum absolute atomic E-state index is 12.9. The second kappa shape index (κ2) is 7.08. The highest BCUT2D eigenvalue weighted by molar-refractivity contribution is 5.97. The zero-order valence-electron chi connectivity index (χ0n) is 17.1. The van der Waals surface area contributed by atoms with Gasteiger partial charge in [-0.3, -0.25) is 14.4 Å². The average Bonchev–Trinajstić information content (AvgIpc) is 3.10. The van der Waals surface area contributed by atoms with E-state index in [0.717, 1.165) is 44.2 Å². The number of hydrogen-bond donors (Lipinski definition) is 2. The van der Waals surface area contributed by atoms with E-state index in [1.54, 1.807) is 23.1 Å². The summed E-state index contributed by atoms with van der Waals surface area (Å²) in [5.41, 5.74) is -0.0417. The molecule has 2 atom stereocenters. The Hall–Kier alpha value is -2.41. The lowest BCUT2D eigenvalue weighted by Crippen LogP contribution is -2.58. The van der Waals surface area contributed by atoms with E-state index in [2.05, 4.69) is 5.32 Å². The van der Waals surface area contributed by atoms with Gasteiger partial charge in [-0.05, 0) is 75.0 Å². The molecule has 5 fully saturated rings. The Bertz CT molecular complexity index is 883. The highest BCUT2D eigenvalue weighted by Crippen LogP contribution is 2.61. The third-order valence-corrected chi connectivity index (χ3v) is 7.31. The van der Waals surface area contributed by atoms with Crippen LogP contribution in [0.15, 0.2) is 24.3 Å². The fraction of sp³-hybridized carbons (Fsp3) is 0.609. The van der Waals surface area contributed by atoms with E-state index in [9.17, 15) is 19.5 Å². The predicted molar refractivity (Wildman–Crippen MR) is 110 cm³/mol. The molecule has 1 aromatic carbocycles. The van der Waals surface area contributed by atoms with E-state index in [1.807, 2.05) is 6.07 Å². The third kappa shape index (κ3) is 3.49. The van der Waals surface area contributed by atoms with Gasteiger partial charge in [-0.2, -0.15) is 0 Å². The standard InChI is InChI=1S/C23H28N2O5/c26-19(24-17-3-1-4-18(8-17)25-6-2-5-20(25)27)13-30-21(28)22-9-15-7-16(10-22)12-23(29,11-15)14-22/h1,3-4,8,15-16,29H,2,5-7,9-14H2,(H,24,26). The SMILES string of the molecule is O=C(COC(=O)C12CC3CC(CC(O)(C3)C1)C2)Nc1cccc(N2CCCC2=O)c1. The summed E-state index contributed by atoms with van der Waals surface area (Å²) < 4.78 is 5.43. The Morgan fingerprint density at radius 2 is 1.97 bits per heavy atom. The van der Waals surface area contributed by atoms with Gasteiger partial charge in [0.15, 0.2) is 6.61 Å². The summed E-state index contributed by atoms with van der Waals surface area (Å²) in [4.78, 5) is 38.9. The Morgan fingerprint density at radius 3 is 2.63 bits per heavy atom. The van der Waals surface area contributed by atoms with E-state index in [1.165, 1.54) is 0 Å². The number of nitrogens with zero attached hydrogens (tertiary/aromatic N) is 1. The summed E-state index contributed by atoms with van der Waals surface area (Å²) >= 11 is 0. The van der Waals surface area contributed by atoms with Gasteiger partial charge in [-0.15, -0.1) is 0 Å². The highest BCUT2D eigenvalue weighted by atomic mass is 16.5. The lowest BCUT2D eigenvalue weighted by Gasteiger charge is -2.58. The van der Waals surface area contributed by atoms with Gasteiger partial charge in [0.1, 0.15) is 0 Å². The van der Waals surface area contributed by atoms with Gasteiger partial charge in [0, 0.05) is 24.3 Å². The molecule has 7 nitrogen and oxygen atoms in total. The minimum absolute atomic E-state index is 0.0876. The minimum atomic E-state index is -0.737. The summed E-state index contributed by atoms with van der Waals surface area (Å²) in [6, 6.07) is 7.14. The first kappa shape index (κ1) is 19.5. The molecule has 160 valence electrons. The second-order valence-electron chi connectivity index (χ2n) is 9.79. The van der Waals surface area contributed by atoms with Crippen molar-refractivity contribution < 1.29 is 24.2 Å². The lowest BCUT2D eigenvalue weighted by atomic mass is 9.48. The molecule has 2 unspecified atom stereocenters. The Labute approximate surface area is 175 Å². The normalized spacial score (nSPS) is 34.3. The van der Waals surface area contributed by atoms with Crippen LogP contribution >= 0.6 is 0 Å². The number of ether oxygens (including phenoxy) is 1. The van der Waals surface area contributed by atoms with E-state index >= 15 is 0 Å². The monoisotopic (exact) mass is 412 g/mol. The number of anilines is 2. The molecule has 5 aliphatic rings. The van der Waals surface area contributed by atoms with Gasteiger partial charge in [-0.1, -0.05) is 6.07 Å². The first-order chi connectivity index (χ1) is 14.3. The molecule has 0 aromatic heterocycles. The predicted octanol–water partition coefficient (Wildman–Crippen LogP) is 2.63. The number of carbonyl (C=O) groups is 3. The van der Waals surface area contributed by atoms with Gasteiger partial charge >= 0.3 is 5.97 Å². The fourth-order valence-corrected chi connectivity index (χ4v) is 6.61. The van der Waals surface area contributed by atoms with Gasteiger partial charge in [0.2, 0.25) is 5.91 Å². The first-order valence-corrected chi connectivity index (χ1v) is 10.9. The molecule has 2 N–H and O–H groups in total. The van der Waals surface area contributed by atoms with Crippen LogP contribution in [-0.4, -0.2) is 41.6 Å². The van der Waals surface area contributed by atoms with Crippen molar-refractivity contribution in [3.63, 3.8) is 0 Å². The minimum Gasteiger partial charge on any atom is -0.455 e. The molecule has 4 saturated carbocycles. The van der Waals surface area contributed by atoms with Crippen LogP contribution in [0.4, 0.5) is 11.4 Å². The van der Waals surface area contributed by atoms with Gasteiger partial charge in [0.05, 0.1) is 11.0 Å². The number of amides is 2. The van der Waals surface area contributed by atoms with Crippen molar-refractivity contribution in [2.45, 2.75) is 57.0 Å². The molecular formula is C23H28N2O5. The Kier molecular flexibility index (Phi) is 4.61. The maximum Gasteiger partial charge on any atom is 0.312 e. The molecule has 1 saturated heterocycles. The molecule has 6 rings (SSSR count). The quantitative estimate of drug-likeness (QED) is 0.725. The largest absolute Gasteiger partial charge is 0.455 e. The van der Waals surface area contributed by atoms with Gasteiger partial charge in [0.25, 0.3) is 5.91 Å². The molecule has 0 radical (unpaired) electrons. The first-order valence-electron chi connectivity index (χ1n) is 10.9. The van der Waals surface area contributed by atoms with Crippen LogP contribution in [0.1, 0.15) is 51.4 Å². The van der Waals surface area contributed by atoms with E-state index in [0.29, 0.717) is 36.9 Å². The van der Waals surface area contributed by atoms with E-state index < -0.39 is 16.9 Å². The smallest absolute Gasteiger partial charge is 0.312 e. The summed E-state index contributed by atoms with van der Waals surface area (Å²) in [5.74, 6) is 0.102. The van der Waals surface area contributed by atoms with E-state index in [4.69, 9.17) is 4.74 Å². The highest BCUT2D eigenvalue weighted by Gasteiger charge is 2.60. The van der Waals surface area contributed by atoms with Crippen LogP contribution in [0.25, 0.3) is 0 Å². The molecule has 7 heteroatoms. The van der Waals surface area contributed by atoms with Crippen LogP contribution in [0.2, 0.25) is 0 Å². The van der Waals surface area contributed by atoms with Crippen molar-refractivity contribution in [2.24, 2.45) is 17.3 Å². The zero-order chi connectivity index (χ0) is 20.9. The number of aliphatic hydroxyl groups is 1. The van der Waals surface area contributed by atoms with Gasteiger partial charge < -0.3 is 20.1 Å². The number of nitrogens with one attached hydrogen (secondary N) is 1. The topological polar surface area (TPSA) is 95.9 Å². The molecule has 0 spiro atoms. The zero-order valence-corrected chi connectivity index (χ0v) is 17.1. The molecule has 30 heavy (non-hydrogen) atoms. The molecule has 1 aliphatic heterocycles. The number of rotatable bonds is 5. The van der Waals surface area contributed by atoms with E-state index in [-0.39, 0.29) is 18.5 Å². The summed E-state index contributed by atoms with van der Waals surface area (Å²) in [6.07, 6.45) is 6.03. The molecular weight excluding hydrogens is 384 g/mol. The van der Waals surface area contributed by atoms with Crippen molar-refractivity contribution in [1.29, 1.82) is 0 Å². The molecule has 4 aliphatic carbocycles. The van der Waals surface area contributed by atoms with Crippen molar-refractivity contribution in [1.82, 2.24) is 0 Å². The molecule has 4 bridgehead atoms. The van der Waals surface area contributed by atoms with Crippen molar-refractivity contribution >= 4 is 29.2 Å².